The van der Waals surface area contributed by atoms with Crippen molar-refractivity contribution >= 4 is 18.3 Å². The molecule has 1 aromatic rings. The molecule has 0 aliphatic carbocycles. The highest BCUT2D eigenvalue weighted by Gasteiger charge is 2.30. The summed E-state index contributed by atoms with van der Waals surface area (Å²) in [5.74, 6) is 1.19. The molecule has 0 bridgehead atoms. The van der Waals surface area contributed by atoms with E-state index in [-0.39, 0.29) is 18.3 Å². The Bertz CT molecular complexity index is 549. The summed E-state index contributed by atoms with van der Waals surface area (Å²) in [6, 6.07) is 8.59. The molecule has 3 rings (SSSR count). The molecule has 1 amide bonds. The number of para-hydroxylation sites is 1. The summed E-state index contributed by atoms with van der Waals surface area (Å²) in [5.41, 5.74) is 1.13. The minimum absolute atomic E-state index is 0. The number of amides is 1. The fraction of sp³-hybridized carbons (Fsp3) is 0.632. The molecule has 1 atom stereocenters. The number of hydrogen-bond acceptors (Lipinski definition) is 4. The van der Waals surface area contributed by atoms with E-state index in [0.29, 0.717) is 19.1 Å². The third-order valence-electron chi connectivity index (χ3n) is 5.06. The van der Waals surface area contributed by atoms with Gasteiger partial charge in [0.1, 0.15) is 5.75 Å². The van der Waals surface area contributed by atoms with Gasteiger partial charge in [0.15, 0.2) is 0 Å². The zero-order valence-electron chi connectivity index (χ0n) is 15.1. The number of benzene rings is 1. The number of rotatable bonds is 6. The van der Waals surface area contributed by atoms with Crippen molar-refractivity contribution in [3.8, 4) is 5.75 Å². The first-order valence-electron chi connectivity index (χ1n) is 9.21. The number of ether oxygens (including phenoxy) is 1. The van der Waals surface area contributed by atoms with E-state index in [4.69, 9.17) is 4.74 Å². The summed E-state index contributed by atoms with van der Waals surface area (Å²) in [7, 11) is 0. The number of carbonyl (C=O) groups is 1. The van der Waals surface area contributed by atoms with Crippen LogP contribution in [0.15, 0.2) is 24.3 Å². The Hall–Kier alpha value is -1.30. The molecule has 0 saturated carbocycles. The van der Waals surface area contributed by atoms with Gasteiger partial charge >= 0.3 is 0 Å². The number of hydrogen-bond donors (Lipinski definition) is 1. The molecule has 0 aromatic heterocycles. The minimum atomic E-state index is 0. The highest BCUT2D eigenvalue weighted by Crippen LogP contribution is 2.21. The average Bonchev–Trinajstić information content (AvgIpc) is 3.12. The van der Waals surface area contributed by atoms with Crippen LogP contribution in [0.25, 0.3) is 0 Å². The smallest absolute Gasteiger partial charge is 0.222 e. The SMILES string of the molecule is CCOc1ccccc1CCC(=O)N1CCC(N2CCNCC2)C1.Cl. The number of nitrogens with zero attached hydrogens (tertiary/aromatic N) is 2. The van der Waals surface area contributed by atoms with Gasteiger partial charge < -0.3 is 15.0 Å². The van der Waals surface area contributed by atoms with Gasteiger partial charge in [0.05, 0.1) is 6.61 Å². The van der Waals surface area contributed by atoms with Crippen molar-refractivity contribution in [2.24, 2.45) is 0 Å². The van der Waals surface area contributed by atoms with E-state index in [0.717, 1.165) is 63.4 Å². The minimum Gasteiger partial charge on any atom is -0.494 e. The van der Waals surface area contributed by atoms with Crippen LogP contribution in [-0.2, 0) is 11.2 Å². The lowest BCUT2D eigenvalue weighted by Gasteiger charge is -2.32. The average molecular weight is 368 g/mol. The maximum atomic E-state index is 12.6. The fourth-order valence-electron chi connectivity index (χ4n) is 3.72. The Morgan fingerprint density at radius 2 is 2.00 bits per heavy atom. The number of nitrogens with one attached hydrogen (secondary N) is 1. The highest BCUT2D eigenvalue weighted by atomic mass is 35.5. The molecule has 2 heterocycles. The van der Waals surface area contributed by atoms with Gasteiger partial charge in [0.25, 0.3) is 0 Å². The predicted octanol–water partition coefficient (Wildman–Crippen LogP) is 1.95. The predicted molar refractivity (Wildman–Crippen MR) is 103 cm³/mol. The maximum absolute atomic E-state index is 12.6. The molecule has 2 aliphatic heterocycles. The summed E-state index contributed by atoms with van der Waals surface area (Å²) >= 11 is 0. The third kappa shape index (κ3) is 5.33. The summed E-state index contributed by atoms with van der Waals surface area (Å²) in [6.45, 7) is 8.79. The molecule has 2 saturated heterocycles. The van der Waals surface area contributed by atoms with Gasteiger partial charge in [-0.15, -0.1) is 12.4 Å². The van der Waals surface area contributed by atoms with E-state index in [1.54, 1.807) is 0 Å². The Kier molecular flexibility index (Phi) is 8.00. The second kappa shape index (κ2) is 10.00. The fourth-order valence-corrected chi connectivity index (χ4v) is 3.72. The Balaban J connectivity index is 0.00000225. The van der Waals surface area contributed by atoms with Crippen LogP contribution in [0, 0.1) is 0 Å². The molecular weight excluding hydrogens is 338 g/mol. The molecule has 2 fully saturated rings. The zero-order chi connectivity index (χ0) is 16.8. The van der Waals surface area contributed by atoms with Crippen LogP contribution in [0.3, 0.4) is 0 Å². The lowest BCUT2D eigenvalue weighted by Crippen LogP contribution is -2.49. The molecule has 6 heteroatoms. The monoisotopic (exact) mass is 367 g/mol. The Labute approximate surface area is 157 Å². The van der Waals surface area contributed by atoms with Crippen molar-refractivity contribution in [1.82, 2.24) is 15.1 Å². The van der Waals surface area contributed by atoms with Crippen LogP contribution in [-0.4, -0.2) is 67.6 Å². The topological polar surface area (TPSA) is 44.8 Å². The molecule has 1 aromatic carbocycles. The zero-order valence-corrected chi connectivity index (χ0v) is 15.9. The van der Waals surface area contributed by atoms with Crippen molar-refractivity contribution in [2.75, 3.05) is 45.9 Å². The van der Waals surface area contributed by atoms with Crippen LogP contribution >= 0.6 is 12.4 Å². The number of aryl methyl sites for hydroxylation is 1. The lowest BCUT2D eigenvalue weighted by molar-refractivity contribution is -0.130. The molecule has 25 heavy (non-hydrogen) atoms. The van der Waals surface area contributed by atoms with Crippen molar-refractivity contribution < 1.29 is 9.53 Å². The molecule has 1 N–H and O–H groups in total. The molecule has 1 unspecified atom stereocenters. The quantitative estimate of drug-likeness (QED) is 0.834. The van der Waals surface area contributed by atoms with E-state index in [1.165, 1.54) is 0 Å². The first kappa shape index (κ1) is 20.0. The highest BCUT2D eigenvalue weighted by molar-refractivity contribution is 5.85. The standard InChI is InChI=1S/C19H29N3O2.ClH/c1-2-24-18-6-4-3-5-16(18)7-8-19(23)22-12-9-17(15-22)21-13-10-20-11-14-21;/h3-6,17,20H,2,7-15H2,1H3;1H. The van der Waals surface area contributed by atoms with E-state index < -0.39 is 0 Å². The van der Waals surface area contributed by atoms with Crippen LogP contribution in [0.5, 0.6) is 5.75 Å². The molecule has 140 valence electrons. The molecular formula is C19H30ClN3O2. The van der Waals surface area contributed by atoms with Gasteiger partial charge in [-0.3, -0.25) is 9.69 Å². The normalized spacial score (nSPS) is 21.0. The Morgan fingerprint density at radius 1 is 1.24 bits per heavy atom. The Morgan fingerprint density at radius 3 is 2.76 bits per heavy atom. The van der Waals surface area contributed by atoms with Gasteiger partial charge in [0.2, 0.25) is 5.91 Å². The molecule has 2 aliphatic rings. The summed E-state index contributed by atoms with van der Waals surface area (Å²) in [5, 5.41) is 3.39. The second-order valence-electron chi connectivity index (χ2n) is 6.61. The largest absolute Gasteiger partial charge is 0.494 e. The van der Waals surface area contributed by atoms with E-state index >= 15 is 0 Å². The molecule has 5 nitrogen and oxygen atoms in total. The maximum Gasteiger partial charge on any atom is 0.222 e. The molecule has 0 spiro atoms. The lowest BCUT2D eigenvalue weighted by atomic mass is 10.1. The summed E-state index contributed by atoms with van der Waals surface area (Å²) in [4.78, 5) is 17.2. The second-order valence-corrected chi connectivity index (χ2v) is 6.61. The van der Waals surface area contributed by atoms with E-state index in [9.17, 15) is 4.79 Å². The van der Waals surface area contributed by atoms with Crippen LogP contribution in [0.1, 0.15) is 25.3 Å². The first-order valence-corrected chi connectivity index (χ1v) is 9.21. The number of halogens is 1. The van der Waals surface area contributed by atoms with Crippen molar-refractivity contribution in [3.05, 3.63) is 29.8 Å². The van der Waals surface area contributed by atoms with Gasteiger partial charge in [-0.05, 0) is 31.4 Å². The van der Waals surface area contributed by atoms with Crippen molar-refractivity contribution in [3.63, 3.8) is 0 Å². The van der Waals surface area contributed by atoms with Gasteiger partial charge in [-0.25, -0.2) is 0 Å². The van der Waals surface area contributed by atoms with Crippen LogP contribution in [0.2, 0.25) is 0 Å². The number of likely N-dealkylation sites (tertiary alicyclic amines) is 1. The molecule has 0 radical (unpaired) electrons. The summed E-state index contributed by atoms with van der Waals surface area (Å²) < 4.78 is 5.65. The van der Waals surface area contributed by atoms with Crippen LogP contribution < -0.4 is 10.1 Å². The van der Waals surface area contributed by atoms with Gasteiger partial charge in [0, 0.05) is 51.7 Å². The number of carbonyl (C=O) groups excluding carboxylic acids is 1. The van der Waals surface area contributed by atoms with Gasteiger partial charge in [-0.2, -0.15) is 0 Å². The van der Waals surface area contributed by atoms with Crippen LogP contribution in [0.4, 0.5) is 0 Å². The van der Waals surface area contributed by atoms with E-state index in [1.807, 2.05) is 25.1 Å². The summed E-state index contributed by atoms with van der Waals surface area (Å²) in [6.07, 6.45) is 2.43. The first-order chi connectivity index (χ1) is 11.8. The third-order valence-corrected chi connectivity index (χ3v) is 5.06. The van der Waals surface area contributed by atoms with Gasteiger partial charge in [-0.1, -0.05) is 18.2 Å². The van der Waals surface area contributed by atoms with E-state index in [2.05, 4.69) is 21.2 Å². The number of piperazine rings is 1. The van der Waals surface area contributed by atoms with Crippen molar-refractivity contribution in [1.29, 1.82) is 0 Å². The van der Waals surface area contributed by atoms with Crippen molar-refractivity contribution in [2.45, 2.75) is 32.2 Å².